The lowest BCUT2D eigenvalue weighted by atomic mass is 10.1. The van der Waals surface area contributed by atoms with Crippen LogP contribution in [0.2, 0.25) is 0 Å². The number of aromatic nitrogens is 3. The summed E-state index contributed by atoms with van der Waals surface area (Å²) in [5, 5.41) is 8.25. The Balaban J connectivity index is 2.13. The average Bonchev–Trinajstić information content (AvgIpc) is 3.07. The first-order chi connectivity index (χ1) is 8.69. The van der Waals surface area contributed by atoms with E-state index in [0.29, 0.717) is 11.9 Å². The summed E-state index contributed by atoms with van der Waals surface area (Å²) in [4.78, 5) is 0. The molecule has 0 aliphatic heterocycles. The van der Waals surface area contributed by atoms with Crippen LogP contribution >= 0.6 is 11.6 Å². The molecule has 18 heavy (non-hydrogen) atoms. The fraction of sp³-hybridized carbons (Fsp3) is 0.385. The van der Waals surface area contributed by atoms with Crippen molar-refractivity contribution in [3.63, 3.8) is 0 Å². The number of hydrogen-bond donors (Lipinski definition) is 0. The molecule has 1 aromatic heterocycles. The van der Waals surface area contributed by atoms with E-state index in [9.17, 15) is 4.39 Å². The van der Waals surface area contributed by atoms with E-state index in [2.05, 4.69) is 10.2 Å². The summed E-state index contributed by atoms with van der Waals surface area (Å²) in [7, 11) is 0. The molecular formula is C13H13ClFN3. The highest BCUT2D eigenvalue weighted by atomic mass is 35.5. The van der Waals surface area contributed by atoms with Crippen molar-refractivity contribution in [1.82, 2.24) is 14.8 Å². The van der Waals surface area contributed by atoms with Crippen molar-refractivity contribution < 1.29 is 4.39 Å². The van der Waals surface area contributed by atoms with Crippen molar-refractivity contribution in [3.8, 4) is 11.4 Å². The number of aryl methyl sites for hydroxylation is 1. The first-order valence-electron chi connectivity index (χ1n) is 5.96. The van der Waals surface area contributed by atoms with Crippen molar-refractivity contribution >= 4 is 11.6 Å². The van der Waals surface area contributed by atoms with E-state index in [4.69, 9.17) is 11.6 Å². The van der Waals surface area contributed by atoms with Crippen molar-refractivity contribution in [2.24, 2.45) is 0 Å². The summed E-state index contributed by atoms with van der Waals surface area (Å²) in [6.07, 6.45) is 2.23. The third kappa shape index (κ3) is 2.01. The molecule has 2 aromatic rings. The van der Waals surface area contributed by atoms with Crippen LogP contribution < -0.4 is 0 Å². The molecule has 5 heteroatoms. The second kappa shape index (κ2) is 4.35. The van der Waals surface area contributed by atoms with Crippen LogP contribution in [0.1, 0.15) is 30.3 Å². The van der Waals surface area contributed by atoms with Crippen LogP contribution in [0.15, 0.2) is 18.2 Å². The third-order valence-corrected chi connectivity index (χ3v) is 3.34. The number of halogens is 2. The Bertz CT molecular complexity index is 570. The van der Waals surface area contributed by atoms with Gasteiger partial charge in [-0.1, -0.05) is 0 Å². The van der Waals surface area contributed by atoms with Gasteiger partial charge in [-0.05, 0) is 43.5 Å². The Morgan fingerprint density at radius 3 is 2.72 bits per heavy atom. The SMILES string of the molecule is Cc1cc(F)cc(-c2nnc(CCl)n2C2CC2)c1. The zero-order valence-corrected chi connectivity index (χ0v) is 10.8. The van der Waals surface area contributed by atoms with Gasteiger partial charge in [0.05, 0.1) is 5.88 Å². The Hall–Kier alpha value is -1.42. The molecule has 0 bridgehead atoms. The predicted octanol–water partition coefficient (Wildman–Crippen LogP) is 3.47. The molecule has 1 fully saturated rings. The van der Waals surface area contributed by atoms with Gasteiger partial charge in [-0.15, -0.1) is 21.8 Å². The van der Waals surface area contributed by atoms with Crippen LogP contribution in [-0.4, -0.2) is 14.8 Å². The van der Waals surface area contributed by atoms with Crippen molar-refractivity contribution in [2.75, 3.05) is 0 Å². The molecule has 94 valence electrons. The first-order valence-corrected chi connectivity index (χ1v) is 6.50. The van der Waals surface area contributed by atoms with Gasteiger partial charge in [-0.3, -0.25) is 0 Å². The van der Waals surface area contributed by atoms with Gasteiger partial charge in [0.1, 0.15) is 11.6 Å². The molecule has 0 spiro atoms. The van der Waals surface area contributed by atoms with Crippen LogP contribution in [0.25, 0.3) is 11.4 Å². The topological polar surface area (TPSA) is 30.7 Å². The molecule has 1 aliphatic rings. The highest BCUT2D eigenvalue weighted by molar-refractivity contribution is 6.16. The normalized spacial score (nSPS) is 15.1. The van der Waals surface area contributed by atoms with Crippen molar-refractivity contribution in [1.29, 1.82) is 0 Å². The summed E-state index contributed by atoms with van der Waals surface area (Å²) in [5.74, 6) is 1.56. The maximum Gasteiger partial charge on any atom is 0.164 e. The number of hydrogen-bond acceptors (Lipinski definition) is 2. The molecule has 3 rings (SSSR count). The van der Waals surface area contributed by atoms with Crippen LogP contribution in [-0.2, 0) is 5.88 Å². The number of alkyl halides is 1. The molecule has 0 amide bonds. The van der Waals surface area contributed by atoms with E-state index >= 15 is 0 Å². The summed E-state index contributed by atoms with van der Waals surface area (Å²) >= 11 is 5.87. The van der Waals surface area contributed by atoms with Crippen molar-refractivity contribution in [2.45, 2.75) is 31.7 Å². The molecule has 0 N–H and O–H groups in total. The van der Waals surface area contributed by atoms with Gasteiger partial charge in [-0.2, -0.15) is 0 Å². The molecule has 1 heterocycles. The second-order valence-corrected chi connectivity index (χ2v) is 4.96. The fourth-order valence-electron chi connectivity index (χ4n) is 2.19. The van der Waals surface area contributed by atoms with E-state index in [1.165, 1.54) is 12.1 Å². The van der Waals surface area contributed by atoms with E-state index in [1.54, 1.807) is 0 Å². The highest BCUT2D eigenvalue weighted by Crippen LogP contribution is 2.39. The van der Waals surface area contributed by atoms with E-state index in [0.717, 1.165) is 35.6 Å². The maximum absolute atomic E-state index is 13.5. The quantitative estimate of drug-likeness (QED) is 0.796. The lowest BCUT2D eigenvalue weighted by Crippen LogP contribution is -2.02. The summed E-state index contributed by atoms with van der Waals surface area (Å²) < 4.78 is 15.5. The average molecular weight is 266 g/mol. The number of rotatable bonds is 3. The Morgan fingerprint density at radius 1 is 1.33 bits per heavy atom. The summed E-state index contributed by atoms with van der Waals surface area (Å²) in [6.45, 7) is 1.87. The monoisotopic (exact) mass is 265 g/mol. The second-order valence-electron chi connectivity index (χ2n) is 4.69. The molecule has 1 aromatic carbocycles. The van der Waals surface area contributed by atoms with Gasteiger partial charge in [0.25, 0.3) is 0 Å². The molecule has 0 unspecified atom stereocenters. The van der Waals surface area contributed by atoms with Crippen LogP contribution in [0.4, 0.5) is 4.39 Å². The zero-order chi connectivity index (χ0) is 12.7. The number of benzene rings is 1. The lowest BCUT2D eigenvalue weighted by Gasteiger charge is -2.08. The minimum Gasteiger partial charge on any atom is -0.307 e. The Kier molecular flexibility index (Phi) is 2.82. The smallest absolute Gasteiger partial charge is 0.164 e. The lowest BCUT2D eigenvalue weighted by molar-refractivity contribution is 0.626. The predicted molar refractivity (Wildman–Crippen MR) is 68.0 cm³/mol. The minimum atomic E-state index is -0.247. The zero-order valence-electron chi connectivity index (χ0n) is 10.0. The van der Waals surface area contributed by atoms with E-state index in [-0.39, 0.29) is 5.82 Å². The molecule has 3 nitrogen and oxygen atoms in total. The van der Waals surface area contributed by atoms with Crippen molar-refractivity contribution in [3.05, 3.63) is 35.4 Å². The standard InChI is InChI=1S/C13H13ClFN3/c1-8-4-9(6-10(15)5-8)13-17-16-12(7-14)18(13)11-2-3-11/h4-6,11H,2-3,7H2,1H3. The van der Waals surface area contributed by atoms with Gasteiger partial charge >= 0.3 is 0 Å². The number of nitrogens with zero attached hydrogens (tertiary/aromatic N) is 3. The largest absolute Gasteiger partial charge is 0.307 e. The van der Waals surface area contributed by atoms with Gasteiger partial charge in [0.2, 0.25) is 0 Å². The van der Waals surface area contributed by atoms with Crippen LogP contribution in [0.3, 0.4) is 0 Å². The molecular weight excluding hydrogens is 253 g/mol. The first kappa shape index (κ1) is 11.7. The molecule has 0 atom stereocenters. The Morgan fingerprint density at radius 2 is 2.11 bits per heavy atom. The van der Waals surface area contributed by atoms with Crippen LogP contribution in [0.5, 0.6) is 0 Å². The van der Waals surface area contributed by atoms with Crippen LogP contribution in [0, 0.1) is 12.7 Å². The molecule has 0 radical (unpaired) electrons. The van der Waals surface area contributed by atoms with Gasteiger partial charge in [-0.25, -0.2) is 4.39 Å². The summed E-state index contributed by atoms with van der Waals surface area (Å²) in [6, 6.07) is 5.34. The summed E-state index contributed by atoms with van der Waals surface area (Å²) in [5.41, 5.74) is 1.64. The highest BCUT2D eigenvalue weighted by Gasteiger charge is 2.29. The molecule has 0 saturated heterocycles. The fourth-order valence-corrected chi connectivity index (χ4v) is 2.38. The molecule has 1 aliphatic carbocycles. The van der Waals surface area contributed by atoms with E-state index in [1.807, 2.05) is 17.6 Å². The van der Waals surface area contributed by atoms with Gasteiger partial charge < -0.3 is 4.57 Å². The minimum absolute atomic E-state index is 0.247. The molecule has 1 saturated carbocycles. The van der Waals surface area contributed by atoms with E-state index < -0.39 is 0 Å². The third-order valence-electron chi connectivity index (χ3n) is 3.10. The maximum atomic E-state index is 13.5. The van der Waals surface area contributed by atoms with Gasteiger partial charge in [0.15, 0.2) is 5.82 Å². The Labute approximate surface area is 110 Å². The van der Waals surface area contributed by atoms with Gasteiger partial charge in [0, 0.05) is 11.6 Å².